The molecule has 0 bridgehead atoms. The Morgan fingerprint density at radius 2 is 2.05 bits per heavy atom. The summed E-state index contributed by atoms with van der Waals surface area (Å²) in [4.78, 5) is 24.8. The van der Waals surface area contributed by atoms with E-state index in [2.05, 4.69) is 40.6 Å². The van der Waals surface area contributed by atoms with E-state index in [0.717, 1.165) is 31.9 Å². The highest BCUT2D eigenvalue weighted by molar-refractivity contribution is 6.76. The highest BCUT2D eigenvalue weighted by Gasteiger charge is 2.38. The highest BCUT2D eigenvalue weighted by atomic mass is 35.5. The fourth-order valence-corrected chi connectivity index (χ4v) is 6.00. The van der Waals surface area contributed by atoms with Crippen LogP contribution in [0.3, 0.4) is 0 Å². The number of halogens is 1. The van der Waals surface area contributed by atoms with Gasteiger partial charge in [0.15, 0.2) is 5.82 Å². The first-order chi connectivity index (χ1) is 18.2. The van der Waals surface area contributed by atoms with Crippen molar-refractivity contribution in [2.24, 2.45) is 5.92 Å². The van der Waals surface area contributed by atoms with Crippen LogP contribution in [0.1, 0.15) is 36.7 Å². The fraction of sp³-hybridized carbons (Fsp3) is 0.500. The molecule has 1 unspecified atom stereocenters. The Kier molecular flexibility index (Phi) is 6.29. The molecule has 38 heavy (non-hydrogen) atoms. The van der Waals surface area contributed by atoms with Gasteiger partial charge < -0.3 is 14.2 Å². The van der Waals surface area contributed by atoms with Crippen molar-refractivity contribution < 1.29 is 4.74 Å². The number of anilines is 1. The van der Waals surface area contributed by atoms with Crippen LogP contribution >= 0.6 is 11.6 Å². The summed E-state index contributed by atoms with van der Waals surface area (Å²) < 4.78 is 11.2. The molecule has 1 aliphatic heterocycles. The van der Waals surface area contributed by atoms with Crippen molar-refractivity contribution in [1.29, 1.82) is 5.26 Å². The van der Waals surface area contributed by atoms with Crippen molar-refractivity contribution in [1.82, 2.24) is 28.7 Å². The summed E-state index contributed by atoms with van der Waals surface area (Å²) >= 11 is 6.33. The lowest BCUT2D eigenvalue weighted by Crippen LogP contribution is -2.45. The Balaban J connectivity index is 1.36. The van der Waals surface area contributed by atoms with E-state index in [-0.39, 0.29) is 11.6 Å². The van der Waals surface area contributed by atoms with E-state index >= 15 is 0 Å². The number of rotatable bonds is 9. The molecule has 2 fully saturated rings. The number of hydrogen-bond acceptors (Lipinski definition) is 7. The Morgan fingerprint density at radius 3 is 2.74 bits per heavy atom. The summed E-state index contributed by atoms with van der Waals surface area (Å²) in [7, 11) is -1.20. The maximum atomic E-state index is 13.5. The maximum Gasteiger partial charge on any atom is 0.279 e. The average molecular weight is 551 g/mol. The number of ether oxygens (including phenoxy) is 1. The average Bonchev–Trinajstić information content (AvgIpc) is 3.49. The van der Waals surface area contributed by atoms with E-state index in [1.807, 2.05) is 4.57 Å². The van der Waals surface area contributed by atoms with Gasteiger partial charge in [-0.1, -0.05) is 31.2 Å². The first kappa shape index (κ1) is 25.1. The van der Waals surface area contributed by atoms with Crippen LogP contribution in [0.15, 0.2) is 29.6 Å². The molecule has 0 radical (unpaired) electrons. The van der Waals surface area contributed by atoms with Gasteiger partial charge >= 0.3 is 0 Å². The first-order valence-electron chi connectivity index (χ1n) is 13.1. The third kappa shape index (κ3) is 4.50. The standard InChI is InChI=1S/C26H31ClN8O2Si/c1-38(2,3)11-10-37-16-32-14-18(12-28)21-24(32)29-15-30-25(21)33-8-7-20(33)23-31-35-9-6-19(27)22(35)26(36)34(23)13-17-4-5-17/h6,9,14-15,17,20H,4-5,7-8,10-11,13,16H2,1-3H3. The van der Waals surface area contributed by atoms with Crippen LogP contribution in [0, 0.1) is 17.2 Å². The van der Waals surface area contributed by atoms with Gasteiger partial charge in [-0.25, -0.2) is 14.5 Å². The maximum absolute atomic E-state index is 13.5. The van der Waals surface area contributed by atoms with Crippen molar-refractivity contribution in [3.8, 4) is 6.07 Å². The second-order valence-electron chi connectivity index (χ2n) is 11.5. The molecule has 0 aromatic carbocycles. The van der Waals surface area contributed by atoms with Gasteiger partial charge in [0.1, 0.15) is 36.1 Å². The molecule has 0 amide bonds. The molecule has 1 aliphatic carbocycles. The Hall–Kier alpha value is -3.20. The minimum atomic E-state index is -1.20. The molecule has 0 N–H and O–H groups in total. The Labute approximate surface area is 226 Å². The van der Waals surface area contributed by atoms with E-state index < -0.39 is 8.07 Å². The van der Waals surface area contributed by atoms with E-state index in [1.165, 1.54) is 6.33 Å². The van der Waals surface area contributed by atoms with Gasteiger partial charge in [-0.05, 0) is 37.3 Å². The van der Waals surface area contributed by atoms with Crippen LogP contribution in [0.4, 0.5) is 5.82 Å². The van der Waals surface area contributed by atoms with Crippen molar-refractivity contribution in [3.63, 3.8) is 0 Å². The molecule has 1 saturated carbocycles. The van der Waals surface area contributed by atoms with E-state index in [4.69, 9.17) is 21.4 Å². The van der Waals surface area contributed by atoms with Gasteiger partial charge in [0.25, 0.3) is 5.56 Å². The smallest absolute Gasteiger partial charge is 0.279 e. The molecule has 12 heteroatoms. The molecule has 0 spiro atoms. The minimum absolute atomic E-state index is 0.115. The molecule has 4 aromatic heterocycles. The molecular formula is C26H31ClN8O2Si. The van der Waals surface area contributed by atoms with Crippen molar-refractivity contribution in [2.75, 3.05) is 18.1 Å². The van der Waals surface area contributed by atoms with Gasteiger partial charge in [-0.3, -0.25) is 9.36 Å². The van der Waals surface area contributed by atoms with Crippen LogP contribution in [0.5, 0.6) is 0 Å². The molecule has 1 atom stereocenters. The van der Waals surface area contributed by atoms with Crippen LogP contribution in [0.2, 0.25) is 30.7 Å². The third-order valence-electron chi connectivity index (χ3n) is 7.46. The largest absolute Gasteiger partial charge is 0.361 e. The van der Waals surface area contributed by atoms with E-state index in [9.17, 15) is 10.1 Å². The predicted molar refractivity (Wildman–Crippen MR) is 148 cm³/mol. The first-order valence-corrected chi connectivity index (χ1v) is 17.2. The zero-order chi connectivity index (χ0) is 26.6. The van der Waals surface area contributed by atoms with Gasteiger partial charge in [-0.2, -0.15) is 10.4 Å². The summed E-state index contributed by atoms with van der Waals surface area (Å²) in [5, 5.41) is 15.9. The number of fused-ring (bicyclic) bond motifs is 2. The number of hydrogen-bond donors (Lipinski definition) is 0. The van der Waals surface area contributed by atoms with Gasteiger partial charge in [0.05, 0.1) is 22.0 Å². The van der Waals surface area contributed by atoms with Crippen molar-refractivity contribution >= 4 is 42.0 Å². The van der Waals surface area contributed by atoms with Gasteiger partial charge in [0, 0.05) is 40.2 Å². The zero-order valence-electron chi connectivity index (χ0n) is 21.9. The topological polar surface area (TPSA) is 106 Å². The van der Waals surface area contributed by atoms with Crippen LogP contribution < -0.4 is 10.5 Å². The molecule has 6 rings (SSSR count). The minimum Gasteiger partial charge on any atom is -0.361 e. The summed E-state index contributed by atoms with van der Waals surface area (Å²) in [5.41, 5.74) is 1.47. The second-order valence-corrected chi connectivity index (χ2v) is 17.6. The lowest BCUT2D eigenvalue weighted by Gasteiger charge is -2.42. The van der Waals surface area contributed by atoms with E-state index in [1.54, 1.807) is 27.5 Å². The molecular weight excluding hydrogens is 520 g/mol. The predicted octanol–water partition coefficient (Wildman–Crippen LogP) is 4.44. The molecule has 4 aromatic rings. The fourth-order valence-electron chi connectivity index (χ4n) is 5.02. The molecule has 1 saturated heterocycles. The SMILES string of the molecule is C[Si](C)(C)CCOCn1cc(C#N)c2c(N3CCC3c3nn4ccc(Cl)c4c(=O)n3CC3CC3)ncnc21. The van der Waals surface area contributed by atoms with Gasteiger partial charge in [0.2, 0.25) is 0 Å². The second kappa shape index (κ2) is 9.52. The molecule has 2 aliphatic rings. The Bertz CT molecular complexity index is 1620. The normalized spacial score (nSPS) is 17.8. The molecule has 10 nitrogen and oxygen atoms in total. The number of aromatic nitrogens is 6. The summed E-state index contributed by atoms with van der Waals surface area (Å²) in [6.45, 7) is 9.34. The summed E-state index contributed by atoms with van der Waals surface area (Å²) in [5.74, 6) is 1.87. The Morgan fingerprint density at radius 1 is 1.24 bits per heavy atom. The third-order valence-corrected chi connectivity index (χ3v) is 9.47. The summed E-state index contributed by atoms with van der Waals surface area (Å²) in [6, 6.07) is 4.95. The number of nitrogens with zero attached hydrogens (tertiary/aromatic N) is 8. The van der Waals surface area contributed by atoms with Crippen molar-refractivity contribution in [2.45, 2.75) is 64.3 Å². The quantitative estimate of drug-likeness (QED) is 0.224. The highest BCUT2D eigenvalue weighted by Crippen LogP contribution is 2.40. The van der Waals surface area contributed by atoms with Crippen LogP contribution in [0.25, 0.3) is 16.6 Å². The van der Waals surface area contributed by atoms with Crippen LogP contribution in [-0.4, -0.2) is 49.9 Å². The monoisotopic (exact) mass is 550 g/mol. The van der Waals surface area contributed by atoms with E-state index in [0.29, 0.717) is 64.6 Å². The molecule has 198 valence electrons. The molecule has 5 heterocycles. The van der Waals surface area contributed by atoms with Gasteiger partial charge in [-0.15, -0.1) is 0 Å². The lowest BCUT2D eigenvalue weighted by atomic mass is 10.0. The van der Waals surface area contributed by atoms with Crippen LogP contribution in [-0.2, 0) is 18.0 Å². The lowest BCUT2D eigenvalue weighted by molar-refractivity contribution is 0.0898. The van der Waals surface area contributed by atoms with Crippen molar-refractivity contribution in [3.05, 3.63) is 51.6 Å². The summed E-state index contributed by atoms with van der Waals surface area (Å²) in [6.07, 6.45) is 8.11. The zero-order valence-corrected chi connectivity index (χ0v) is 23.6. The number of nitriles is 1.